The van der Waals surface area contributed by atoms with Gasteiger partial charge in [-0.2, -0.15) is 0 Å². The maximum Gasteiger partial charge on any atom is 0.270 e. The second-order valence-corrected chi connectivity index (χ2v) is 8.56. The van der Waals surface area contributed by atoms with Crippen LogP contribution in [0, 0.1) is 0 Å². The Kier molecular flexibility index (Phi) is 6.93. The van der Waals surface area contributed by atoms with Crippen LogP contribution in [0.1, 0.15) is 35.8 Å². The van der Waals surface area contributed by atoms with Gasteiger partial charge in [0.25, 0.3) is 5.91 Å². The lowest BCUT2D eigenvalue weighted by molar-refractivity contribution is -0.130. The molecule has 1 aliphatic heterocycles. The number of carbonyl (C=O) groups excluding carboxylic acids is 2. The first-order valence-electron chi connectivity index (χ1n) is 10.8. The third-order valence-electron chi connectivity index (χ3n) is 5.63. The molecule has 1 aromatic carbocycles. The van der Waals surface area contributed by atoms with E-state index < -0.39 is 0 Å². The standard InChI is InChI=1S/C24H26ClN5O3/c1-16(31)30-9-7-19(8-10-30)33-23-11-21(26-13-20(23)22-14-29(2)15-28-22)24(32)27-12-17-3-5-18(25)6-4-17/h3-6,11,13-15,19H,7-10,12H2,1-2H3,(H,27,32). The lowest BCUT2D eigenvalue weighted by Crippen LogP contribution is -2.40. The van der Waals surface area contributed by atoms with Crippen molar-refractivity contribution >= 4 is 23.4 Å². The highest BCUT2D eigenvalue weighted by molar-refractivity contribution is 6.30. The smallest absolute Gasteiger partial charge is 0.270 e. The molecule has 0 atom stereocenters. The highest BCUT2D eigenvalue weighted by atomic mass is 35.5. The van der Waals surface area contributed by atoms with Crippen LogP contribution in [0.2, 0.25) is 5.02 Å². The SMILES string of the molecule is CC(=O)N1CCC(Oc2cc(C(=O)NCc3ccc(Cl)cc3)ncc2-c2cn(C)cn2)CC1. The van der Waals surface area contributed by atoms with Gasteiger partial charge in [-0.1, -0.05) is 23.7 Å². The number of aromatic nitrogens is 3. The summed E-state index contributed by atoms with van der Waals surface area (Å²) in [6.07, 6.45) is 6.60. The van der Waals surface area contributed by atoms with E-state index >= 15 is 0 Å². The summed E-state index contributed by atoms with van der Waals surface area (Å²) in [4.78, 5) is 35.0. The van der Waals surface area contributed by atoms with Crippen LogP contribution in [0.3, 0.4) is 0 Å². The molecule has 2 aromatic heterocycles. The van der Waals surface area contributed by atoms with Crippen LogP contribution in [0.15, 0.2) is 49.1 Å². The minimum atomic E-state index is -0.297. The molecular formula is C24H26ClN5O3. The van der Waals surface area contributed by atoms with Crippen LogP contribution in [0.25, 0.3) is 11.3 Å². The molecule has 0 saturated carbocycles. The molecule has 0 spiro atoms. The lowest BCUT2D eigenvalue weighted by atomic mass is 10.1. The first-order chi connectivity index (χ1) is 15.9. The van der Waals surface area contributed by atoms with Crippen molar-refractivity contribution in [3.05, 3.63) is 65.3 Å². The lowest BCUT2D eigenvalue weighted by Gasteiger charge is -2.31. The molecule has 33 heavy (non-hydrogen) atoms. The number of imidazole rings is 1. The van der Waals surface area contributed by atoms with Crippen molar-refractivity contribution < 1.29 is 14.3 Å². The second-order valence-electron chi connectivity index (χ2n) is 8.12. The fourth-order valence-electron chi connectivity index (χ4n) is 3.75. The van der Waals surface area contributed by atoms with Crippen molar-refractivity contribution in [2.45, 2.75) is 32.4 Å². The molecule has 3 heterocycles. The normalized spacial score (nSPS) is 14.2. The van der Waals surface area contributed by atoms with E-state index in [0.29, 0.717) is 36.1 Å². The van der Waals surface area contributed by atoms with E-state index in [1.807, 2.05) is 34.8 Å². The van der Waals surface area contributed by atoms with Gasteiger partial charge in [0.05, 0.1) is 17.6 Å². The van der Waals surface area contributed by atoms with E-state index in [1.165, 1.54) is 0 Å². The van der Waals surface area contributed by atoms with E-state index in [4.69, 9.17) is 16.3 Å². The topological polar surface area (TPSA) is 89.4 Å². The predicted octanol–water partition coefficient (Wildman–Crippen LogP) is 3.46. The van der Waals surface area contributed by atoms with Crippen LogP contribution in [0.5, 0.6) is 5.75 Å². The molecule has 3 aromatic rings. The number of benzene rings is 1. The Labute approximate surface area is 197 Å². The number of nitrogens with one attached hydrogen (secondary N) is 1. The van der Waals surface area contributed by atoms with E-state index in [-0.39, 0.29) is 23.6 Å². The van der Waals surface area contributed by atoms with Gasteiger partial charge in [0.15, 0.2) is 0 Å². The zero-order valence-corrected chi connectivity index (χ0v) is 19.4. The van der Waals surface area contributed by atoms with E-state index in [1.54, 1.807) is 37.6 Å². The Bertz CT molecular complexity index is 1140. The Hall–Kier alpha value is -3.39. The van der Waals surface area contributed by atoms with E-state index in [2.05, 4.69) is 15.3 Å². The minimum absolute atomic E-state index is 0.0598. The molecule has 0 radical (unpaired) electrons. The molecule has 0 aliphatic carbocycles. The second kappa shape index (κ2) is 10.0. The highest BCUT2D eigenvalue weighted by Gasteiger charge is 2.24. The number of likely N-dealkylation sites (tertiary alicyclic amines) is 1. The quantitative estimate of drug-likeness (QED) is 0.599. The van der Waals surface area contributed by atoms with Crippen molar-refractivity contribution in [2.24, 2.45) is 7.05 Å². The molecule has 1 N–H and O–H groups in total. The Morgan fingerprint density at radius 2 is 1.91 bits per heavy atom. The Morgan fingerprint density at radius 3 is 2.55 bits per heavy atom. The van der Waals surface area contributed by atoms with E-state index in [0.717, 1.165) is 24.0 Å². The first kappa shape index (κ1) is 22.8. The number of amides is 2. The molecular weight excluding hydrogens is 442 g/mol. The third kappa shape index (κ3) is 5.70. The van der Waals surface area contributed by atoms with E-state index in [9.17, 15) is 9.59 Å². The number of rotatable bonds is 6. The Morgan fingerprint density at radius 1 is 1.18 bits per heavy atom. The molecule has 8 nitrogen and oxygen atoms in total. The number of hydrogen-bond acceptors (Lipinski definition) is 5. The number of hydrogen-bond donors (Lipinski definition) is 1. The predicted molar refractivity (Wildman–Crippen MR) is 125 cm³/mol. The number of carbonyl (C=O) groups is 2. The summed E-state index contributed by atoms with van der Waals surface area (Å²) in [6, 6.07) is 8.96. The largest absolute Gasteiger partial charge is 0.489 e. The summed E-state index contributed by atoms with van der Waals surface area (Å²) in [5, 5.41) is 3.53. The third-order valence-corrected chi connectivity index (χ3v) is 5.88. The molecule has 2 amide bonds. The van der Waals surface area contributed by atoms with Gasteiger partial charge in [0, 0.05) is 69.9 Å². The van der Waals surface area contributed by atoms with Gasteiger partial charge in [0.1, 0.15) is 17.5 Å². The van der Waals surface area contributed by atoms with Gasteiger partial charge in [-0.3, -0.25) is 14.6 Å². The number of halogens is 1. The minimum Gasteiger partial charge on any atom is -0.489 e. The molecule has 9 heteroatoms. The molecule has 1 aliphatic rings. The average molecular weight is 468 g/mol. The zero-order chi connectivity index (χ0) is 23.4. The van der Waals surface area contributed by atoms with Crippen LogP contribution >= 0.6 is 11.6 Å². The van der Waals surface area contributed by atoms with Crippen LogP contribution in [0.4, 0.5) is 0 Å². The maximum atomic E-state index is 12.8. The van der Waals surface area contributed by atoms with Crippen LogP contribution in [-0.4, -0.2) is 50.4 Å². The monoisotopic (exact) mass is 467 g/mol. The van der Waals surface area contributed by atoms with Crippen molar-refractivity contribution in [3.8, 4) is 17.0 Å². The maximum absolute atomic E-state index is 12.8. The molecule has 1 saturated heterocycles. The summed E-state index contributed by atoms with van der Waals surface area (Å²) in [6.45, 7) is 3.24. The van der Waals surface area contributed by atoms with Gasteiger partial charge in [-0.15, -0.1) is 0 Å². The summed E-state index contributed by atoms with van der Waals surface area (Å²) in [7, 11) is 1.89. The fourth-order valence-corrected chi connectivity index (χ4v) is 3.87. The molecule has 0 unspecified atom stereocenters. The van der Waals surface area contributed by atoms with Gasteiger partial charge < -0.3 is 19.5 Å². The van der Waals surface area contributed by atoms with Crippen molar-refractivity contribution in [2.75, 3.05) is 13.1 Å². The van der Waals surface area contributed by atoms with Gasteiger partial charge >= 0.3 is 0 Å². The fraction of sp³-hybridized carbons (Fsp3) is 0.333. The average Bonchev–Trinajstić information content (AvgIpc) is 3.24. The van der Waals surface area contributed by atoms with Gasteiger partial charge in [-0.25, -0.2) is 4.98 Å². The van der Waals surface area contributed by atoms with Crippen LogP contribution in [-0.2, 0) is 18.4 Å². The number of pyridine rings is 1. The van der Waals surface area contributed by atoms with Crippen molar-refractivity contribution in [1.82, 2.24) is 24.8 Å². The molecule has 0 bridgehead atoms. The number of piperidine rings is 1. The first-order valence-corrected chi connectivity index (χ1v) is 11.2. The van der Waals surface area contributed by atoms with Gasteiger partial charge in [-0.05, 0) is 17.7 Å². The summed E-state index contributed by atoms with van der Waals surface area (Å²) >= 11 is 5.92. The molecule has 4 rings (SSSR count). The molecule has 172 valence electrons. The zero-order valence-electron chi connectivity index (χ0n) is 18.6. The van der Waals surface area contributed by atoms with Gasteiger partial charge in [0.2, 0.25) is 5.91 Å². The summed E-state index contributed by atoms with van der Waals surface area (Å²) in [5.41, 5.74) is 2.64. The number of aryl methyl sites for hydroxylation is 1. The number of ether oxygens (including phenoxy) is 1. The van der Waals surface area contributed by atoms with Crippen molar-refractivity contribution in [1.29, 1.82) is 0 Å². The molecule has 1 fully saturated rings. The number of nitrogens with zero attached hydrogens (tertiary/aromatic N) is 4. The van der Waals surface area contributed by atoms with Crippen molar-refractivity contribution in [3.63, 3.8) is 0 Å². The van der Waals surface area contributed by atoms with Crippen LogP contribution < -0.4 is 10.1 Å². The summed E-state index contributed by atoms with van der Waals surface area (Å²) < 4.78 is 8.17. The summed E-state index contributed by atoms with van der Waals surface area (Å²) in [5.74, 6) is 0.335. The Balaban J connectivity index is 1.52. The highest BCUT2D eigenvalue weighted by Crippen LogP contribution is 2.31.